The molecule has 1 amide bonds. The van der Waals surface area contributed by atoms with E-state index in [-0.39, 0.29) is 5.91 Å². The molecule has 0 unspecified atom stereocenters. The van der Waals surface area contributed by atoms with Crippen molar-refractivity contribution in [1.82, 2.24) is 14.9 Å². The largest absolute Gasteiger partial charge is 0.372 e. The van der Waals surface area contributed by atoms with Crippen molar-refractivity contribution in [3.8, 4) is 0 Å². The fraction of sp³-hybridized carbons (Fsp3) is 0.235. The van der Waals surface area contributed by atoms with Crippen molar-refractivity contribution in [2.45, 2.75) is 11.7 Å². The first-order chi connectivity index (χ1) is 11.7. The highest BCUT2D eigenvalue weighted by Gasteiger charge is 2.13. The Morgan fingerprint density at radius 1 is 1.25 bits per heavy atom. The van der Waals surface area contributed by atoms with Gasteiger partial charge < -0.3 is 10.2 Å². The van der Waals surface area contributed by atoms with E-state index in [1.807, 2.05) is 55.9 Å². The Bertz CT molecular complexity index is 836. The second kappa shape index (κ2) is 7.63. The SMILES string of the molecule is CNc1nc(SCC(=O)N(C)Cc2cccs2)nc2ccccc12. The lowest BCUT2D eigenvalue weighted by Crippen LogP contribution is -2.27. The minimum Gasteiger partial charge on any atom is -0.372 e. The summed E-state index contributed by atoms with van der Waals surface area (Å²) < 4.78 is 0. The molecule has 0 fully saturated rings. The number of fused-ring (bicyclic) bond motifs is 1. The summed E-state index contributed by atoms with van der Waals surface area (Å²) in [4.78, 5) is 24.2. The third kappa shape index (κ3) is 3.85. The van der Waals surface area contributed by atoms with Crippen LogP contribution in [0.2, 0.25) is 0 Å². The van der Waals surface area contributed by atoms with Crippen molar-refractivity contribution >= 4 is 45.7 Å². The van der Waals surface area contributed by atoms with Gasteiger partial charge in [0.05, 0.1) is 17.8 Å². The van der Waals surface area contributed by atoms with Crippen LogP contribution in [-0.4, -0.2) is 40.6 Å². The van der Waals surface area contributed by atoms with Crippen molar-refractivity contribution in [2.75, 3.05) is 25.2 Å². The topological polar surface area (TPSA) is 58.1 Å². The van der Waals surface area contributed by atoms with Crippen LogP contribution in [0.25, 0.3) is 10.9 Å². The maximum absolute atomic E-state index is 12.3. The molecule has 3 aromatic rings. The van der Waals surface area contributed by atoms with Crippen LogP contribution >= 0.6 is 23.1 Å². The van der Waals surface area contributed by atoms with E-state index in [0.717, 1.165) is 16.7 Å². The number of carbonyl (C=O) groups excluding carboxylic acids is 1. The highest BCUT2D eigenvalue weighted by atomic mass is 32.2. The Labute approximate surface area is 149 Å². The van der Waals surface area contributed by atoms with Gasteiger partial charge in [0.2, 0.25) is 5.91 Å². The fourth-order valence-electron chi connectivity index (χ4n) is 2.27. The molecule has 0 saturated carbocycles. The highest BCUT2D eigenvalue weighted by Crippen LogP contribution is 2.24. The van der Waals surface area contributed by atoms with Gasteiger partial charge in [-0.15, -0.1) is 11.3 Å². The molecular weight excluding hydrogens is 340 g/mol. The average Bonchev–Trinajstić information content (AvgIpc) is 3.11. The molecule has 0 bridgehead atoms. The zero-order chi connectivity index (χ0) is 16.9. The van der Waals surface area contributed by atoms with Gasteiger partial charge in [0.15, 0.2) is 5.16 Å². The number of anilines is 1. The number of rotatable bonds is 6. The minimum atomic E-state index is 0.0659. The lowest BCUT2D eigenvalue weighted by molar-refractivity contribution is -0.127. The number of thiophene rings is 1. The summed E-state index contributed by atoms with van der Waals surface area (Å²) >= 11 is 3.02. The number of thioether (sulfide) groups is 1. The third-order valence-corrected chi connectivity index (χ3v) is 5.24. The number of benzene rings is 1. The monoisotopic (exact) mass is 358 g/mol. The summed E-state index contributed by atoms with van der Waals surface area (Å²) in [5.74, 6) is 1.17. The number of nitrogens with zero attached hydrogens (tertiary/aromatic N) is 3. The number of nitrogens with one attached hydrogen (secondary N) is 1. The summed E-state index contributed by atoms with van der Waals surface area (Å²) in [6.45, 7) is 0.636. The molecule has 0 spiro atoms. The van der Waals surface area contributed by atoms with E-state index in [1.165, 1.54) is 16.6 Å². The summed E-state index contributed by atoms with van der Waals surface area (Å²) in [6.07, 6.45) is 0. The molecule has 5 nitrogen and oxygen atoms in total. The van der Waals surface area contributed by atoms with Crippen LogP contribution < -0.4 is 5.32 Å². The first-order valence-electron chi connectivity index (χ1n) is 7.51. The van der Waals surface area contributed by atoms with Gasteiger partial charge in [-0.25, -0.2) is 9.97 Å². The Balaban J connectivity index is 1.67. The van der Waals surface area contributed by atoms with Crippen molar-refractivity contribution < 1.29 is 4.79 Å². The van der Waals surface area contributed by atoms with Gasteiger partial charge in [0.1, 0.15) is 5.82 Å². The Morgan fingerprint density at radius 3 is 2.83 bits per heavy atom. The molecule has 124 valence electrons. The molecule has 0 atom stereocenters. The van der Waals surface area contributed by atoms with Crippen LogP contribution in [0.3, 0.4) is 0 Å². The highest BCUT2D eigenvalue weighted by molar-refractivity contribution is 7.99. The maximum atomic E-state index is 12.3. The van der Waals surface area contributed by atoms with Gasteiger partial charge in [-0.2, -0.15) is 0 Å². The summed E-state index contributed by atoms with van der Waals surface area (Å²) in [5, 5.41) is 6.70. The van der Waals surface area contributed by atoms with E-state index >= 15 is 0 Å². The standard InChI is InChI=1S/C17H18N4OS2/c1-18-16-13-7-3-4-8-14(13)19-17(20-16)24-11-15(22)21(2)10-12-6-5-9-23-12/h3-9H,10-11H2,1-2H3,(H,18,19,20). The molecule has 3 rings (SSSR count). The quantitative estimate of drug-likeness (QED) is 0.540. The fourth-order valence-corrected chi connectivity index (χ4v) is 3.82. The molecule has 0 aliphatic heterocycles. The number of para-hydroxylation sites is 1. The minimum absolute atomic E-state index is 0.0659. The second-order valence-corrected chi connectivity index (χ2v) is 7.21. The van der Waals surface area contributed by atoms with Gasteiger partial charge in [0, 0.05) is 24.4 Å². The van der Waals surface area contributed by atoms with Crippen LogP contribution in [0.15, 0.2) is 46.9 Å². The smallest absolute Gasteiger partial charge is 0.233 e. The molecule has 24 heavy (non-hydrogen) atoms. The van der Waals surface area contributed by atoms with Gasteiger partial charge in [-0.05, 0) is 23.6 Å². The molecule has 1 N–H and O–H groups in total. The lowest BCUT2D eigenvalue weighted by atomic mass is 10.2. The molecular formula is C17H18N4OS2. The van der Waals surface area contributed by atoms with Crippen LogP contribution in [0.1, 0.15) is 4.88 Å². The molecule has 0 aliphatic rings. The van der Waals surface area contributed by atoms with Crippen molar-refractivity contribution in [3.63, 3.8) is 0 Å². The third-order valence-electron chi connectivity index (χ3n) is 3.54. The first kappa shape index (κ1) is 16.7. The van der Waals surface area contributed by atoms with E-state index in [1.54, 1.807) is 16.2 Å². The van der Waals surface area contributed by atoms with E-state index in [2.05, 4.69) is 15.3 Å². The number of amides is 1. The van der Waals surface area contributed by atoms with Crippen LogP contribution in [0.4, 0.5) is 5.82 Å². The summed E-state index contributed by atoms with van der Waals surface area (Å²) in [5.41, 5.74) is 0.874. The van der Waals surface area contributed by atoms with Crippen molar-refractivity contribution in [2.24, 2.45) is 0 Å². The van der Waals surface area contributed by atoms with E-state index < -0.39 is 0 Å². The Morgan fingerprint density at radius 2 is 2.08 bits per heavy atom. The van der Waals surface area contributed by atoms with Gasteiger partial charge >= 0.3 is 0 Å². The molecule has 7 heteroatoms. The number of aromatic nitrogens is 2. The predicted molar refractivity (Wildman–Crippen MR) is 101 cm³/mol. The molecule has 0 radical (unpaired) electrons. The first-order valence-corrected chi connectivity index (χ1v) is 9.37. The maximum Gasteiger partial charge on any atom is 0.233 e. The van der Waals surface area contributed by atoms with Gasteiger partial charge in [0.25, 0.3) is 0 Å². The summed E-state index contributed by atoms with van der Waals surface area (Å²) in [6, 6.07) is 11.9. The van der Waals surface area contributed by atoms with E-state index in [0.29, 0.717) is 17.5 Å². The number of hydrogen-bond acceptors (Lipinski definition) is 6. The van der Waals surface area contributed by atoms with E-state index in [4.69, 9.17) is 0 Å². The normalized spacial score (nSPS) is 10.8. The lowest BCUT2D eigenvalue weighted by Gasteiger charge is -2.15. The molecule has 1 aromatic carbocycles. The number of carbonyl (C=O) groups is 1. The van der Waals surface area contributed by atoms with Crippen LogP contribution in [0.5, 0.6) is 0 Å². The Kier molecular flexibility index (Phi) is 5.32. The molecule has 2 heterocycles. The molecule has 0 saturated heterocycles. The average molecular weight is 358 g/mol. The van der Waals surface area contributed by atoms with Gasteiger partial charge in [-0.1, -0.05) is 30.0 Å². The zero-order valence-electron chi connectivity index (χ0n) is 13.5. The van der Waals surface area contributed by atoms with E-state index in [9.17, 15) is 4.79 Å². The zero-order valence-corrected chi connectivity index (χ0v) is 15.2. The predicted octanol–water partition coefficient (Wildman–Crippen LogP) is 3.48. The van der Waals surface area contributed by atoms with Crippen LogP contribution in [0, 0.1) is 0 Å². The van der Waals surface area contributed by atoms with Gasteiger partial charge in [-0.3, -0.25) is 4.79 Å². The summed E-state index contributed by atoms with van der Waals surface area (Å²) in [7, 11) is 3.66. The van der Waals surface area contributed by atoms with Crippen molar-refractivity contribution in [3.05, 3.63) is 46.7 Å². The molecule has 2 aromatic heterocycles. The second-order valence-electron chi connectivity index (χ2n) is 5.24. The number of hydrogen-bond donors (Lipinski definition) is 1. The molecule has 0 aliphatic carbocycles. The Hall–Kier alpha value is -2.12. The van der Waals surface area contributed by atoms with Crippen LogP contribution in [-0.2, 0) is 11.3 Å². The van der Waals surface area contributed by atoms with Crippen molar-refractivity contribution in [1.29, 1.82) is 0 Å².